The Hall–Kier alpha value is -0.930. The molecule has 2 N–H and O–H groups in total. The van der Waals surface area contributed by atoms with Crippen molar-refractivity contribution in [3.63, 3.8) is 0 Å². The summed E-state index contributed by atoms with van der Waals surface area (Å²) in [7, 11) is 0. The molecule has 0 aromatic heterocycles. The van der Waals surface area contributed by atoms with E-state index in [-0.39, 0.29) is 5.82 Å². The fourth-order valence-corrected chi connectivity index (χ4v) is 1.63. The van der Waals surface area contributed by atoms with Crippen molar-refractivity contribution in [2.45, 2.75) is 38.4 Å². The number of nitrogens with one attached hydrogen (secondary N) is 2. The SMILES string of the molecule is CC(CNC1CC1)NCc1ccccc1F. The van der Waals surface area contributed by atoms with Crippen LogP contribution in [0.25, 0.3) is 0 Å². The highest BCUT2D eigenvalue weighted by Gasteiger charge is 2.20. The van der Waals surface area contributed by atoms with E-state index in [0.717, 1.165) is 18.2 Å². The summed E-state index contributed by atoms with van der Waals surface area (Å²) in [5.41, 5.74) is 0.737. The van der Waals surface area contributed by atoms with Crippen LogP contribution >= 0.6 is 0 Å². The van der Waals surface area contributed by atoms with Gasteiger partial charge in [-0.15, -0.1) is 0 Å². The molecule has 1 aliphatic rings. The fourth-order valence-electron chi connectivity index (χ4n) is 1.63. The molecule has 1 atom stereocenters. The van der Waals surface area contributed by atoms with Crippen LogP contribution in [-0.2, 0) is 6.54 Å². The topological polar surface area (TPSA) is 24.1 Å². The van der Waals surface area contributed by atoms with Crippen molar-refractivity contribution in [3.8, 4) is 0 Å². The molecule has 88 valence electrons. The first kappa shape index (κ1) is 11.6. The van der Waals surface area contributed by atoms with E-state index < -0.39 is 0 Å². The molecule has 1 fully saturated rings. The molecular weight excluding hydrogens is 203 g/mol. The average Bonchev–Trinajstić information content (AvgIpc) is 3.09. The number of hydrogen-bond donors (Lipinski definition) is 2. The number of rotatable bonds is 6. The van der Waals surface area contributed by atoms with E-state index in [1.54, 1.807) is 6.07 Å². The van der Waals surface area contributed by atoms with E-state index in [4.69, 9.17) is 0 Å². The van der Waals surface area contributed by atoms with Gasteiger partial charge in [0.15, 0.2) is 0 Å². The standard InChI is InChI=1S/C13H19FN2/c1-10(8-16-12-6-7-12)15-9-11-4-2-3-5-13(11)14/h2-5,10,12,15-16H,6-9H2,1H3. The highest BCUT2D eigenvalue weighted by Crippen LogP contribution is 2.18. The van der Waals surface area contributed by atoms with Crippen LogP contribution in [-0.4, -0.2) is 18.6 Å². The molecule has 0 saturated heterocycles. The normalized spacial score (nSPS) is 17.4. The van der Waals surface area contributed by atoms with Gasteiger partial charge in [0.1, 0.15) is 5.82 Å². The largest absolute Gasteiger partial charge is 0.312 e. The van der Waals surface area contributed by atoms with Gasteiger partial charge in [0.25, 0.3) is 0 Å². The van der Waals surface area contributed by atoms with Crippen molar-refractivity contribution < 1.29 is 4.39 Å². The second-order valence-corrected chi connectivity index (χ2v) is 4.56. The van der Waals surface area contributed by atoms with Crippen molar-refractivity contribution >= 4 is 0 Å². The molecule has 1 aromatic rings. The summed E-state index contributed by atoms with van der Waals surface area (Å²) in [6, 6.07) is 8.02. The summed E-state index contributed by atoms with van der Waals surface area (Å²) < 4.78 is 13.3. The maximum Gasteiger partial charge on any atom is 0.127 e. The van der Waals surface area contributed by atoms with Gasteiger partial charge in [-0.1, -0.05) is 18.2 Å². The maximum absolute atomic E-state index is 13.3. The smallest absolute Gasteiger partial charge is 0.127 e. The Bertz CT molecular complexity index is 336. The van der Waals surface area contributed by atoms with E-state index in [1.165, 1.54) is 18.9 Å². The van der Waals surface area contributed by atoms with Gasteiger partial charge in [0.2, 0.25) is 0 Å². The lowest BCUT2D eigenvalue weighted by atomic mass is 10.2. The minimum Gasteiger partial charge on any atom is -0.312 e. The van der Waals surface area contributed by atoms with Crippen molar-refractivity contribution in [1.82, 2.24) is 10.6 Å². The molecule has 0 heterocycles. The molecule has 1 aliphatic carbocycles. The Kier molecular flexibility index (Phi) is 3.91. The third-order valence-corrected chi connectivity index (χ3v) is 2.89. The Morgan fingerprint density at radius 1 is 1.38 bits per heavy atom. The Labute approximate surface area is 96.2 Å². The van der Waals surface area contributed by atoms with E-state index in [1.807, 2.05) is 12.1 Å². The monoisotopic (exact) mass is 222 g/mol. The zero-order valence-corrected chi connectivity index (χ0v) is 9.67. The molecule has 16 heavy (non-hydrogen) atoms. The lowest BCUT2D eigenvalue weighted by Gasteiger charge is -2.14. The van der Waals surface area contributed by atoms with Crippen LogP contribution in [0.2, 0.25) is 0 Å². The minimum atomic E-state index is -0.127. The van der Waals surface area contributed by atoms with Crippen LogP contribution < -0.4 is 10.6 Å². The van der Waals surface area contributed by atoms with Crippen LogP contribution in [0.3, 0.4) is 0 Å². The van der Waals surface area contributed by atoms with Gasteiger partial charge >= 0.3 is 0 Å². The third kappa shape index (κ3) is 3.58. The van der Waals surface area contributed by atoms with Crippen LogP contribution in [0, 0.1) is 5.82 Å². The van der Waals surface area contributed by atoms with E-state index >= 15 is 0 Å². The van der Waals surface area contributed by atoms with Gasteiger partial charge in [-0.2, -0.15) is 0 Å². The molecule has 0 radical (unpaired) electrons. The van der Waals surface area contributed by atoms with Crippen LogP contribution in [0.15, 0.2) is 24.3 Å². The van der Waals surface area contributed by atoms with Gasteiger partial charge in [-0.05, 0) is 25.8 Å². The molecule has 3 heteroatoms. The molecule has 0 amide bonds. The summed E-state index contributed by atoms with van der Waals surface area (Å²) in [6.07, 6.45) is 2.61. The summed E-state index contributed by atoms with van der Waals surface area (Å²) in [5, 5.41) is 6.77. The van der Waals surface area contributed by atoms with Crippen molar-refractivity contribution in [2.75, 3.05) is 6.54 Å². The van der Waals surface area contributed by atoms with E-state index in [9.17, 15) is 4.39 Å². The van der Waals surface area contributed by atoms with Gasteiger partial charge in [0, 0.05) is 30.7 Å². The molecule has 0 aliphatic heterocycles. The quantitative estimate of drug-likeness (QED) is 0.770. The minimum absolute atomic E-state index is 0.127. The van der Waals surface area contributed by atoms with Crippen molar-refractivity contribution in [1.29, 1.82) is 0 Å². The first-order chi connectivity index (χ1) is 7.75. The molecule has 1 aromatic carbocycles. The predicted molar refractivity (Wildman–Crippen MR) is 63.7 cm³/mol. The number of halogens is 1. The molecular formula is C13H19FN2. The van der Waals surface area contributed by atoms with Gasteiger partial charge in [-0.3, -0.25) is 0 Å². The zero-order chi connectivity index (χ0) is 11.4. The van der Waals surface area contributed by atoms with E-state index in [2.05, 4.69) is 17.6 Å². The third-order valence-electron chi connectivity index (χ3n) is 2.89. The number of hydrogen-bond acceptors (Lipinski definition) is 2. The van der Waals surface area contributed by atoms with Gasteiger partial charge in [0.05, 0.1) is 0 Å². The second-order valence-electron chi connectivity index (χ2n) is 4.56. The summed E-state index contributed by atoms with van der Waals surface area (Å²) in [6.45, 7) is 3.68. The van der Waals surface area contributed by atoms with Crippen molar-refractivity contribution in [3.05, 3.63) is 35.6 Å². The summed E-state index contributed by atoms with van der Waals surface area (Å²) in [4.78, 5) is 0. The molecule has 1 unspecified atom stereocenters. The molecule has 2 rings (SSSR count). The lowest BCUT2D eigenvalue weighted by Crippen LogP contribution is -2.36. The van der Waals surface area contributed by atoms with Crippen LogP contribution in [0.1, 0.15) is 25.3 Å². The molecule has 2 nitrogen and oxygen atoms in total. The molecule has 1 saturated carbocycles. The first-order valence-electron chi connectivity index (χ1n) is 5.96. The fraction of sp³-hybridized carbons (Fsp3) is 0.538. The molecule has 0 bridgehead atoms. The lowest BCUT2D eigenvalue weighted by molar-refractivity contribution is 0.490. The average molecular weight is 222 g/mol. The van der Waals surface area contributed by atoms with Gasteiger partial charge < -0.3 is 10.6 Å². The Morgan fingerprint density at radius 2 is 2.12 bits per heavy atom. The van der Waals surface area contributed by atoms with E-state index in [0.29, 0.717) is 12.6 Å². The first-order valence-corrected chi connectivity index (χ1v) is 5.96. The second kappa shape index (κ2) is 5.41. The van der Waals surface area contributed by atoms with Crippen LogP contribution in [0.4, 0.5) is 4.39 Å². The Balaban J connectivity index is 1.71. The highest BCUT2D eigenvalue weighted by molar-refractivity contribution is 5.16. The predicted octanol–water partition coefficient (Wildman–Crippen LogP) is 2.06. The molecule has 0 spiro atoms. The zero-order valence-electron chi connectivity index (χ0n) is 9.67. The maximum atomic E-state index is 13.3. The Morgan fingerprint density at radius 3 is 2.81 bits per heavy atom. The van der Waals surface area contributed by atoms with Crippen LogP contribution in [0.5, 0.6) is 0 Å². The van der Waals surface area contributed by atoms with Crippen molar-refractivity contribution in [2.24, 2.45) is 0 Å². The summed E-state index contributed by atoms with van der Waals surface area (Å²) >= 11 is 0. The number of benzene rings is 1. The van der Waals surface area contributed by atoms with Gasteiger partial charge in [-0.25, -0.2) is 4.39 Å². The summed E-state index contributed by atoms with van der Waals surface area (Å²) in [5.74, 6) is -0.127. The highest BCUT2D eigenvalue weighted by atomic mass is 19.1.